The smallest absolute Gasteiger partial charge is 0.432 e. The van der Waals surface area contributed by atoms with E-state index in [0.29, 0.717) is 5.56 Å². The average Bonchev–Trinajstić information content (AvgIpc) is 2.74. The Morgan fingerprint density at radius 2 is 1.78 bits per heavy atom. The van der Waals surface area contributed by atoms with E-state index in [1.54, 1.807) is 30.3 Å². The number of carboxylic acid groups (broad SMARTS) is 1. The van der Waals surface area contributed by atoms with Crippen molar-refractivity contribution in [3.05, 3.63) is 47.7 Å². The van der Waals surface area contributed by atoms with E-state index in [-0.39, 0.29) is 5.69 Å². The lowest BCUT2D eigenvalue weighted by molar-refractivity contribution is -0.141. The van der Waals surface area contributed by atoms with Crippen molar-refractivity contribution in [3.63, 3.8) is 0 Å². The van der Waals surface area contributed by atoms with Crippen molar-refractivity contribution in [1.82, 2.24) is 4.98 Å². The van der Waals surface area contributed by atoms with Crippen LogP contribution in [0.2, 0.25) is 0 Å². The molecule has 0 saturated heterocycles. The molecule has 2 N–H and O–H groups in total. The van der Waals surface area contributed by atoms with E-state index in [1.165, 1.54) is 0 Å². The van der Waals surface area contributed by atoms with E-state index >= 15 is 0 Å². The molecule has 0 saturated carbocycles. The van der Waals surface area contributed by atoms with Gasteiger partial charge < -0.3 is 10.1 Å². The van der Waals surface area contributed by atoms with Gasteiger partial charge in [-0.05, 0) is 11.6 Å². The molecule has 0 atom stereocenters. The third-order valence-corrected chi connectivity index (χ3v) is 2.42. The van der Waals surface area contributed by atoms with Gasteiger partial charge in [-0.3, -0.25) is 0 Å². The maximum atomic E-state index is 12.6. The fourth-order valence-electron chi connectivity index (χ4n) is 1.62. The number of hydrogen-bond acceptors (Lipinski definition) is 1. The molecule has 0 radical (unpaired) electrons. The van der Waals surface area contributed by atoms with Crippen LogP contribution >= 0.6 is 0 Å². The molecule has 0 unspecified atom stereocenters. The second-order valence-electron chi connectivity index (χ2n) is 3.64. The van der Waals surface area contributed by atoms with Crippen LogP contribution in [0, 0.1) is 0 Å². The number of halogens is 3. The van der Waals surface area contributed by atoms with Crippen LogP contribution in [-0.4, -0.2) is 16.1 Å². The molecule has 0 bridgehead atoms. The van der Waals surface area contributed by atoms with Crippen molar-refractivity contribution in [2.45, 2.75) is 6.18 Å². The molecule has 1 aromatic heterocycles. The quantitative estimate of drug-likeness (QED) is 0.864. The largest absolute Gasteiger partial charge is 0.478 e. The first-order chi connectivity index (χ1) is 8.39. The van der Waals surface area contributed by atoms with Gasteiger partial charge in [-0.15, -0.1) is 0 Å². The Morgan fingerprint density at radius 3 is 2.22 bits per heavy atom. The summed E-state index contributed by atoms with van der Waals surface area (Å²) in [5, 5.41) is 8.77. The predicted molar refractivity (Wildman–Crippen MR) is 58.2 cm³/mol. The number of benzene rings is 1. The minimum absolute atomic E-state index is 0.125. The molecule has 18 heavy (non-hydrogen) atoms. The maximum Gasteiger partial charge on any atom is 0.432 e. The van der Waals surface area contributed by atoms with Crippen LogP contribution in [0.15, 0.2) is 36.4 Å². The number of H-pyrrole nitrogens is 1. The first kappa shape index (κ1) is 12.2. The van der Waals surface area contributed by atoms with Crippen molar-refractivity contribution in [2.24, 2.45) is 0 Å². The Kier molecular flexibility index (Phi) is 2.86. The molecule has 94 valence electrons. The van der Waals surface area contributed by atoms with Gasteiger partial charge in [0.25, 0.3) is 0 Å². The van der Waals surface area contributed by atoms with Crippen LogP contribution in [-0.2, 0) is 6.18 Å². The van der Waals surface area contributed by atoms with E-state index in [0.717, 1.165) is 6.07 Å². The summed E-state index contributed by atoms with van der Waals surface area (Å²) in [6.07, 6.45) is -4.72. The molecule has 0 amide bonds. The molecular weight excluding hydrogens is 247 g/mol. The van der Waals surface area contributed by atoms with Crippen molar-refractivity contribution in [3.8, 4) is 11.3 Å². The third-order valence-electron chi connectivity index (χ3n) is 2.42. The van der Waals surface area contributed by atoms with Gasteiger partial charge in [-0.1, -0.05) is 30.3 Å². The zero-order valence-electron chi connectivity index (χ0n) is 8.95. The van der Waals surface area contributed by atoms with Crippen molar-refractivity contribution < 1.29 is 23.1 Å². The first-order valence-corrected chi connectivity index (χ1v) is 4.98. The first-order valence-electron chi connectivity index (χ1n) is 4.98. The Morgan fingerprint density at radius 1 is 1.17 bits per heavy atom. The molecule has 0 aliphatic carbocycles. The number of rotatable bonds is 2. The van der Waals surface area contributed by atoms with Crippen LogP contribution in [0.25, 0.3) is 11.3 Å². The molecule has 1 heterocycles. The number of carboxylic acids is 1. The normalized spacial score (nSPS) is 11.5. The van der Waals surface area contributed by atoms with E-state index < -0.39 is 23.4 Å². The summed E-state index contributed by atoms with van der Waals surface area (Å²) in [4.78, 5) is 12.9. The number of alkyl halides is 3. The van der Waals surface area contributed by atoms with E-state index in [1.807, 2.05) is 0 Å². The van der Waals surface area contributed by atoms with Gasteiger partial charge in [0.1, 0.15) is 5.69 Å². The summed E-state index contributed by atoms with van der Waals surface area (Å²) in [5.41, 5.74) is -1.40. The molecule has 1 aromatic carbocycles. The van der Waals surface area contributed by atoms with Crippen LogP contribution in [0.3, 0.4) is 0 Å². The number of nitrogens with one attached hydrogen (secondary N) is 1. The van der Waals surface area contributed by atoms with E-state index in [4.69, 9.17) is 5.11 Å². The number of aromatic carboxylic acids is 1. The van der Waals surface area contributed by atoms with E-state index in [9.17, 15) is 18.0 Å². The molecular formula is C12H8F3NO2. The minimum atomic E-state index is -4.72. The summed E-state index contributed by atoms with van der Waals surface area (Å²) in [5.74, 6) is -1.61. The highest BCUT2D eigenvalue weighted by atomic mass is 19.4. The lowest BCUT2D eigenvalue weighted by Gasteiger charge is -2.04. The summed E-state index contributed by atoms with van der Waals surface area (Å²) in [6, 6.07) is 9.21. The predicted octanol–water partition coefficient (Wildman–Crippen LogP) is 3.40. The molecule has 0 aliphatic rings. The van der Waals surface area contributed by atoms with Crippen molar-refractivity contribution in [1.29, 1.82) is 0 Å². The van der Waals surface area contributed by atoms with E-state index in [2.05, 4.69) is 4.98 Å². The summed E-state index contributed by atoms with van der Waals surface area (Å²) in [6.45, 7) is 0. The molecule has 3 nitrogen and oxygen atoms in total. The van der Waals surface area contributed by atoms with Crippen molar-refractivity contribution >= 4 is 5.97 Å². The van der Waals surface area contributed by atoms with Crippen LogP contribution in [0.4, 0.5) is 13.2 Å². The molecule has 0 fully saturated rings. The zero-order chi connectivity index (χ0) is 13.3. The molecule has 0 aliphatic heterocycles. The topological polar surface area (TPSA) is 53.1 Å². The lowest BCUT2D eigenvalue weighted by Crippen LogP contribution is -2.11. The Bertz CT molecular complexity index is 573. The van der Waals surface area contributed by atoms with Gasteiger partial charge in [-0.25, -0.2) is 4.79 Å². The fourth-order valence-corrected chi connectivity index (χ4v) is 1.62. The Balaban J connectivity index is 2.57. The molecule has 0 spiro atoms. The average molecular weight is 255 g/mol. The highest BCUT2D eigenvalue weighted by Gasteiger charge is 2.37. The molecule has 2 aromatic rings. The van der Waals surface area contributed by atoms with Gasteiger partial charge in [0.05, 0.1) is 5.56 Å². The number of aromatic amines is 1. The van der Waals surface area contributed by atoms with Gasteiger partial charge >= 0.3 is 12.1 Å². The number of aromatic nitrogens is 1. The highest BCUT2D eigenvalue weighted by molar-refractivity contribution is 5.91. The number of hydrogen-bond donors (Lipinski definition) is 2. The SMILES string of the molecule is O=C(O)c1cc(-c2ccccc2)[nH]c1C(F)(F)F. The second kappa shape index (κ2) is 4.21. The Hall–Kier alpha value is -2.24. The van der Waals surface area contributed by atoms with Crippen LogP contribution in [0.1, 0.15) is 16.1 Å². The van der Waals surface area contributed by atoms with Crippen LogP contribution in [0.5, 0.6) is 0 Å². The zero-order valence-corrected chi connectivity index (χ0v) is 8.95. The second-order valence-corrected chi connectivity index (χ2v) is 3.64. The summed E-state index contributed by atoms with van der Waals surface area (Å²) in [7, 11) is 0. The minimum Gasteiger partial charge on any atom is -0.478 e. The van der Waals surface area contributed by atoms with Gasteiger partial charge in [0.2, 0.25) is 0 Å². The summed E-state index contributed by atoms with van der Waals surface area (Å²) < 4.78 is 37.9. The monoisotopic (exact) mass is 255 g/mol. The molecule has 2 rings (SSSR count). The van der Waals surface area contributed by atoms with Crippen molar-refractivity contribution in [2.75, 3.05) is 0 Å². The molecule has 6 heteroatoms. The fraction of sp³-hybridized carbons (Fsp3) is 0.0833. The van der Waals surface area contributed by atoms with Gasteiger partial charge in [0, 0.05) is 5.69 Å². The maximum absolute atomic E-state index is 12.6. The Labute approximate surface area is 99.9 Å². The highest BCUT2D eigenvalue weighted by Crippen LogP contribution is 2.34. The summed E-state index contributed by atoms with van der Waals surface area (Å²) >= 11 is 0. The van der Waals surface area contributed by atoms with Gasteiger partial charge in [0.15, 0.2) is 0 Å². The number of carbonyl (C=O) groups is 1. The standard InChI is InChI=1S/C12H8F3NO2/c13-12(14,15)10-8(11(17)18)6-9(16-10)7-4-2-1-3-5-7/h1-6,16H,(H,17,18). The van der Waals surface area contributed by atoms with Crippen LogP contribution < -0.4 is 0 Å². The van der Waals surface area contributed by atoms with Gasteiger partial charge in [-0.2, -0.15) is 13.2 Å². The third kappa shape index (κ3) is 2.22. The lowest BCUT2D eigenvalue weighted by atomic mass is 10.1.